The molecule has 1 saturated carbocycles. The molecule has 1 aliphatic carbocycles. The molecule has 6 nitrogen and oxygen atoms in total. The number of hydrogen-bond donors (Lipinski definition) is 2. The molecule has 2 aliphatic rings. The number of aromatic amines is 1. The summed E-state index contributed by atoms with van der Waals surface area (Å²) >= 11 is 0. The third-order valence-electron chi connectivity index (χ3n) is 5.34. The third kappa shape index (κ3) is 3.94. The van der Waals surface area contributed by atoms with Crippen molar-refractivity contribution >= 4 is 11.8 Å². The Morgan fingerprint density at radius 2 is 1.84 bits per heavy atom. The Balaban J connectivity index is 1.67. The summed E-state index contributed by atoms with van der Waals surface area (Å²) in [5.74, 6) is -0.272. The highest BCUT2D eigenvalue weighted by molar-refractivity contribution is 5.96. The number of hydrogen-bond acceptors (Lipinski definition) is 3. The highest BCUT2D eigenvalue weighted by Crippen LogP contribution is 2.25. The number of amides is 2. The Hall–Kier alpha value is -2.11. The number of pyridine rings is 1. The molecule has 6 heteroatoms. The van der Waals surface area contributed by atoms with Crippen molar-refractivity contribution in [2.75, 3.05) is 6.54 Å². The summed E-state index contributed by atoms with van der Waals surface area (Å²) in [7, 11) is 0. The van der Waals surface area contributed by atoms with Crippen molar-refractivity contribution in [3.8, 4) is 0 Å². The molecule has 3 rings (SSSR count). The third-order valence-corrected chi connectivity index (χ3v) is 5.34. The van der Waals surface area contributed by atoms with E-state index in [1.807, 2.05) is 4.90 Å². The van der Waals surface area contributed by atoms with Crippen LogP contribution in [0.3, 0.4) is 0 Å². The molecule has 1 atom stereocenters. The molecule has 0 radical (unpaired) electrons. The summed E-state index contributed by atoms with van der Waals surface area (Å²) < 4.78 is 0. The van der Waals surface area contributed by atoms with Gasteiger partial charge in [0.25, 0.3) is 5.91 Å². The second-order valence-electron chi connectivity index (χ2n) is 7.38. The van der Waals surface area contributed by atoms with E-state index >= 15 is 0 Å². The zero-order valence-corrected chi connectivity index (χ0v) is 15.1. The van der Waals surface area contributed by atoms with Crippen molar-refractivity contribution in [1.82, 2.24) is 15.2 Å². The molecular weight excluding hydrogens is 318 g/mol. The highest BCUT2D eigenvalue weighted by atomic mass is 16.2. The van der Waals surface area contributed by atoms with Crippen molar-refractivity contribution < 1.29 is 9.59 Å². The molecule has 2 heterocycles. The van der Waals surface area contributed by atoms with Gasteiger partial charge in [-0.05, 0) is 26.7 Å². The second-order valence-corrected chi connectivity index (χ2v) is 7.38. The van der Waals surface area contributed by atoms with E-state index in [1.165, 1.54) is 31.7 Å². The smallest absolute Gasteiger partial charge is 0.257 e. The van der Waals surface area contributed by atoms with Crippen molar-refractivity contribution in [2.24, 2.45) is 0 Å². The number of H-pyrrole nitrogens is 1. The van der Waals surface area contributed by atoms with Gasteiger partial charge in [0, 0.05) is 36.5 Å². The van der Waals surface area contributed by atoms with Crippen molar-refractivity contribution in [3.63, 3.8) is 0 Å². The first-order valence-electron chi connectivity index (χ1n) is 9.26. The molecule has 0 unspecified atom stereocenters. The summed E-state index contributed by atoms with van der Waals surface area (Å²) in [5, 5.41) is 2.89. The first kappa shape index (κ1) is 17.7. The van der Waals surface area contributed by atoms with Crippen LogP contribution in [0.25, 0.3) is 0 Å². The molecule has 0 aromatic carbocycles. The fourth-order valence-corrected chi connectivity index (χ4v) is 4.14. The largest absolute Gasteiger partial charge is 0.362 e. The number of rotatable bonds is 3. The fourth-order valence-electron chi connectivity index (χ4n) is 4.14. The molecule has 0 spiro atoms. The Morgan fingerprint density at radius 1 is 1.16 bits per heavy atom. The molecule has 2 N–H and O–H groups in total. The van der Waals surface area contributed by atoms with Crippen molar-refractivity contribution in [3.05, 3.63) is 33.2 Å². The number of aromatic nitrogens is 1. The van der Waals surface area contributed by atoms with Gasteiger partial charge in [-0.1, -0.05) is 25.7 Å². The molecule has 1 aromatic rings. The molecule has 1 aliphatic heterocycles. The van der Waals surface area contributed by atoms with Crippen LogP contribution in [0.15, 0.2) is 10.9 Å². The maximum absolute atomic E-state index is 12.5. The van der Waals surface area contributed by atoms with Crippen molar-refractivity contribution in [2.45, 2.75) is 70.9 Å². The van der Waals surface area contributed by atoms with Crippen LogP contribution in [0.2, 0.25) is 0 Å². The quantitative estimate of drug-likeness (QED) is 0.823. The van der Waals surface area contributed by atoms with E-state index in [2.05, 4.69) is 10.3 Å². The number of likely N-dealkylation sites (tertiary alicyclic amines) is 1. The van der Waals surface area contributed by atoms with Crippen LogP contribution in [0.1, 0.15) is 66.7 Å². The SMILES string of the molecule is Cc1cc(=O)c(C(=O)N[C@H]2CC(=O)N(C3CCCCCC3)C2)c(C)[nH]1. The first-order chi connectivity index (χ1) is 12.0. The first-order valence-corrected chi connectivity index (χ1v) is 9.26. The summed E-state index contributed by atoms with van der Waals surface area (Å²) in [6.07, 6.45) is 7.27. The van der Waals surface area contributed by atoms with Gasteiger partial charge in [0.05, 0.1) is 6.04 Å². The lowest BCUT2D eigenvalue weighted by Crippen LogP contribution is -2.41. The monoisotopic (exact) mass is 345 g/mol. The van der Waals surface area contributed by atoms with Crippen LogP contribution in [0.4, 0.5) is 0 Å². The summed E-state index contributed by atoms with van der Waals surface area (Å²) in [4.78, 5) is 42.0. The Morgan fingerprint density at radius 3 is 2.48 bits per heavy atom. The Kier molecular flexibility index (Phi) is 5.25. The minimum Gasteiger partial charge on any atom is -0.362 e. The van der Waals surface area contributed by atoms with Gasteiger partial charge < -0.3 is 15.2 Å². The molecule has 0 bridgehead atoms. The summed E-state index contributed by atoms with van der Waals surface area (Å²) in [5.41, 5.74) is 1.16. The van der Waals surface area contributed by atoms with Crippen LogP contribution < -0.4 is 10.7 Å². The average Bonchev–Trinajstić information content (AvgIpc) is 2.73. The van der Waals surface area contributed by atoms with Crippen LogP contribution in [0, 0.1) is 13.8 Å². The van der Waals surface area contributed by atoms with E-state index in [4.69, 9.17) is 0 Å². The molecule has 1 aromatic heterocycles. The lowest BCUT2D eigenvalue weighted by atomic mass is 10.1. The topological polar surface area (TPSA) is 82.3 Å². The van der Waals surface area contributed by atoms with Gasteiger partial charge in [0.2, 0.25) is 5.91 Å². The number of carbonyl (C=O) groups is 2. The van der Waals surface area contributed by atoms with Crippen LogP contribution in [-0.2, 0) is 4.79 Å². The summed E-state index contributed by atoms with van der Waals surface area (Å²) in [6.45, 7) is 4.06. The molecule has 2 fully saturated rings. The minimum atomic E-state index is -0.390. The summed E-state index contributed by atoms with van der Waals surface area (Å²) in [6, 6.07) is 1.52. The van der Waals surface area contributed by atoms with Gasteiger partial charge in [-0.15, -0.1) is 0 Å². The van der Waals surface area contributed by atoms with E-state index in [1.54, 1.807) is 13.8 Å². The van der Waals surface area contributed by atoms with Gasteiger partial charge >= 0.3 is 0 Å². The Labute approximate surface area is 148 Å². The van der Waals surface area contributed by atoms with E-state index in [-0.39, 0.29) is 28.8 Å². The van der Waals surface area contributed by atoms with Crippen LogP contribution in [-0.4, -0.2) is 40.3 Å². The van der Waals surface area contributed by atoms with Gasteiger partial charge in [-0.3, -0.25) is 14.4 Å². The minimum absolute atomic E-state index is 0.117. The molecule has 2 amide bonds. The van der Waals surface area contributed by atoms with Crippen molar-refractivity contribution in [1.29, 1.82) is 0 Å². The maximum atomic E-state index is 12.5. The van der Waals surface area contributed by atoms with Crippen LogP contribution in [0.5, 0.6) is 0 Å². The molecular formula is C19H27N3O3. The standard InChI is InChI=1S/C19H27N3O3/c1-12-9-16(23)18(13(2)20-12)19(25)21-14-10-17(24)22(11-14)15-7-5-3-4-6-8-15/h9,14-15H,3-8,10-11H2,1-2H3,(H,20,23)(H,21,25)/t14-/m0/s1. The lowest BCUT2D eigenvalue weighted by molar-refractivity contribution is -0.129. The number of nitrogens with zero attached hydrogens (tertiary/aromatic N) is 1. The van der Waals surface area contributed by atoms with Crippen LogP contribution >= 0.6 is 0 Å². The predicted octanol–water partition coefficient (Wildman–Crippen LogP) is 2.05. The highest BCUT2D eigenvalue weighted by Gasteiger charge is 2.35. The number of aryl methyl sites for hydroxylation is 2. The second kappa shape index (κ2) is 7.42. The number of carbonyl (C=O) groups excluding carboxylic acids is 2. The molecule has 136 valence electrons. The lowest BCUT2D eigenvalue weighted by Gasteiger charge is -2.27. The fraction of sp³-hybridized carbons (Fsp3) is 0.632. The van der Waals surface area contributed by atoms with E-state index in [9.17, 15) is 14.4 Å². The van der Waals surface area contributed by atoms with E-state index < -0.39 is 0 Å². The predicted molar refractivity (Wildman–Crippen MR) is 95.6 cm³/mol. The van der Waals surface area contributed by atoms with Gasteiger partial charge in [0.1, 0.15) is 5.56 Å². The average molecular weight is 345 g/mol. The zero-order valence-electron chi connectivity index (χ0n) is 15.1. The Bertz CT molecular complexity index is 717. The van der Waals surface area contributed by atoms with E-state index in [0.717, 1.165) is 18.5 Å². The number of nitrogens with one attached hydrogen (secondary N) is 2. The zero-order chi connectivity index (χ0) is 18.0. The van der Waals surface area contributed by atoms with Gasteiger partial charge in [0.15, 0.2) is 5.43 Å². The molecule has 1 saturated heterocycles. The maximum Gasteiger partial charge on any atom is 0.257 e. The molecule has 25 heavy (non-hydrogen) atoms. The van der Waals surface area contributed by atoms with Gasteiger partial charge in [-0.25, -0.2) is 0 Å². The normalized spacial score (nSPS) is 22.1. The van der Waals surface area contributed by atoms with E-state index in [0.29, 0.717) is 24.7 Å². The van der Waals surface area contributed by atoms with Gasteiger partial charge in [-0.2, -0.15) is 0 Å².